The van der Waals surface area contributed by atoms with Crippen LogP contribution in [0.1, 0.15) is 18.9 Å². The topological polar surface area (TPSA) is 45.8 Å². The molecule has 0 amide bonds. The summed E-state index contributed by atoms with van der Waals surface area (Å²) in [5.74, 6) is 0. The van der Waals surface area contributed by atoms with Gasteiger partial charge in [-0.15, -0.1) is 0 Å². The van der Waals surface area contributed by atoms with Crippen LogP contribution in [0.15, 0.2) is 29.1 Å². The van der Waals surface area contributed by atoms with Gasteiger partial charge in [-0.25, -0.2) is 5.10 Å². The van der Waals surface area contributed by atoms with E-state index in [9.17, 15) is 4.79 Å². The fourth-order valence-corrected chi connectivity index (χ4v) is 2.42. The minimum Gasteiger partial charge on any atom is -0.268 e. The Morgan fingerprint density at radius 1 is 1.22 bits per heavy atom. The largest absolute Gasteiger partial charge is 0.268 e. The molecule has 0 unspecified atom stereocenters. The van der Waals surface area contributed by atoms with E-state index >= 15 is 0 Å². The highest BCUT2D eigenvalue weighted by atomic mass is 35.5. The molecule has 0 saturated heterocycles. The van der Waals surface area contributed by atoms with Crippen molar-refractivity contribution in [2.75, 3.05) is 0 Å². The van der Waals surface area contributed by atoms with Crippen LogP contribution in [-0.2, 0) is 6.42 Å². The summed E-state index contributed by atoms with van der Waals surface area (Å²) in [6, 6.07) is 6.70. The Kier molecular flexibility index (Phi) is 4.04. The van der Waals surface area contributed by atoms with Gasteiger partial charge in [0, 0.05) is 21.7 Å². The summed E-state index contributed by atoms with van der Waals surface area (Å²) in [7, 11) is 0. The number of hydrogen-bond acceptors (Lipinski definition) is 2. The average Bonchev–Trinajstić information content (AvgIpc) is 2.34. The fourth-order valence-electron chi connectivity index (χ4n) is 1.74. The van der Waals surface area contributed by atoms with Gasteiger partial charge in [0.1, 0.15) is 0 Å². The maximum Gasteiger partial charge on any atom is 0.264 e. The zero-order valence-corrected chi connectivity index (χ0v) is 11.3. The van der Waals surface area contributed by atoms with E-state index in [1.807, 2.05) is 12.1 Å². The molecule has 0 radical (unpaired) electrons. The normalized spacial score (nSPS) is 10.6. The van der Waals surface area contributed by atoms with E-state index in [2.05, 4.69) is 17.1 Å². The standard InChI is InChI=1S/C13H12Cl2N2O/c1-2-3-9-10(14)6-8(7-11(9)15)12-4-5-13(18)17-16-12/h4-7H,2-3H2,1H3,(H,17,18). The van der Waals surface area contributed by atoms with Crippen molar-refractivity contribution in [2.24, 2.45) is 0 Å². The third-order valence-electron chi connectivity index (χ3n) is 2.62. The summed E-state index contributed by atoms with van der Waals surface area (Å²) in [4.78, 5) is 11.0. The minimum absolute atomic E-state index is 0.237. The molecular weight excluding hydrogens is 271 g/mol. The highest BCUT2D eigenvalue weighted by Crippen LogP contribution is 2.31. The first-order valence-electron chi connectivity index (χ1n) is 5.66. The summed E-state index contributed by atoms with van der Waals surface area (Å²) < 4.78 is 0. The molecule has 0 atom stereocenters. The van der Waals surface area contributed by atoms with Crippen LogP contribution in [-0.4, -0.2) is 10.2 Å². The molecular formula is C13H12Cl2N2O. The number of H-pyrrole nitrogens is 1. The van der Waals surface area contributed by atoms with Crippen LogP contribution in [0.3, 0.4) is 0 Å². The first-order valence-corrected chi connectivity index (χ1v) is 6.41. The quantitative estimate of drug-likeness (QED) is 0.933. The third kappa shape index (κ3) is 2.74. The van der Waals surface area contributed by atoms with Gasteiger partial charge in [-0.1, -0.05) is 36.5 Å². The minimum atomic E-state index is -0.237. The van der Waals surface area contributed by atoms with Crippen molar-refractivity contribution in [1.29, 1.82) is 0 Å². The lowest BCUT2D eigenvalue weighted by Gasteiger charge is -2.08. The Labute approximate surface area is 115 Å². The molecule has 0 bridgehead atoms. The second-order valence-electron chi connectivity index (χ2n) is 3.97. The molecule has 0 aliphatic rings. The molecule has 1 N–H and O–H groups in total. The van der Waals surface area contributed by atoms with E-state index in [-0.39, 0.29) is 5.56 Å². The number of rotatable bonds is 3. The number of hydrogen-bond donors (Lipinski definition) is 1. The van der Waals surface area contributed by atoms with E-state index in [0.717, 1.165) is 24.0 Å². The molecule has 3 nitrogen and oxygen atoms in total. The Morgan fingerprint density at radius 3 is 2.39 bits per heavy atom. The lowest BCUT2D eigenvalue weighted by molar-refractivity contribution is 0.922. The molecule has 1 aromatic heterocycles. The van der Waals surface area contributed by atoms with Crippen LogP contribution >= 0.6 is 23.2 Å². The highest BCUT2D eigenvalue weighted by Gasteiger charge is 2.09. The lowest BCUT2D eigenvalue weighted by atomic mass is 10.1. The SMILES string of the molecule is CCCc1c(Cl)cc(-c2ccc(=O)[nH]n2)cc1Cl. The summed E-state index contributed by atoms with van der Waals surface area (Å²) in [6.07, 6.45) is 1.83. The second kappa shape index (κ2) is 5.55. The van der Waals surface area contributed by atoms with Crippen molar-refractivity contribution in [2.45, 2.75) is 19.8 Å². The molecule has 0 fully saturated rings. The molecule has 5 heteroatoms. The average molecular weight is 283 g/mol. The van der Waals surface area contributed by atoms with Gasteiger partial charge < -0.3 is 0 Å². The Hall–Kier alpha value is -1.32. The predicted octanol–water partition coefficient (Wildman–Crippen LogP) is 3.70. The van der Waals surface area contributed by atoms with Gasteiger partial charge in [0.25, 0.3) is 5.56 Å². The molecule has 0 aliphatic heterocycles. The van der Waals surface area contributed by atoms with E-state index in [1.165, 1.54) is 6.07 Å². The molecule has 1 heterocycles. The zero-order chi connectivity index (χ0) is 13.1. The van der Waals surface area contributed by atoms with Gasteiger partial charge in [0.05, 0.1) is 5.69 Å². The maximum absolute atomic E-state index is 11.0. The third-order valence-corrected chi connectivity index (χ3v) is 3.29. The Bertz CT molecular complexity index is 579. The molecule has 2 aromatic rings. The van der Waals surface area contributed by atoms with Gasteiger partial charge in [-0.3, -0.25) is 4.79 Å². The van der Waals surface area contributed by atoms with E-state index in [4.69, 9.17) is 23.2 Å². The van der Waals surface area contributed by atoms with Crippen molar-refractivity contribution < 1.29 is 0 Å². The van der Waals surface area contributed by atoms with Crippen LogP contribution < -0.4 is 5.56 Å². The number of aromatic nitrogens is 2. The number of halogens is 2. The van der Waals surface area contributed by atoms with Crippen molar-refractivity contribution in [3.8, 4) is 11.3 Å². The molecule has 94 valence electrons. The molecule has 18 heavy (non-hydrogen) atoms. The second-order valence-corrected chi connectivity index (χ2v) is 4.79. The van der Waals surface area contributed by atoms with E-state index in [0.29, 0.717) is 15.7 Å². The summed E-state index contributed by atoms with van der Waals surface area (Å²) in [5, 5.41) is 7.60. The van der Waals surface area contributed by atoms with Crippen LogP contribution in [0.5, 0.6) is 0 Å². The lowest BCUT2D eigenvalue weighted by Crippen LogP contribution is -2.05. The summed E-state index contributed by atoms with van der Waals surface area (Å²) in [5.41, 5.74) is 2.15. The smallest absolute Gasteiger partial charge is 0.264 e. The van der Waals surface area contributed by atoms with Crippen molar-refractivity contribution >= 4 is 23.2 Å². The summed E-state index contributed by atoms with van der Waals surface area (Å²) in [6.45, 7) is 2.07. The number of benzene rings is 1. The fraction of sp³-hybridized carbons (Fsp3) is 0.231. The number of nitrogens with zero attached hydrogens (tertiary/aromatic N) is 1. The maximum atomic E-state index is 11.0. The zero-order valence-electron chi connectivity index (χ0n) is 9.84. The first kappa shape index (κ1) is 13.1. The first-order chi connectivity index (χ1) is 8.61. The summed E-state index contributed by atoms with van der Waals surface area (Å²) >= 11 is 12.4. The van der Waals surface area contributed by atoms with Crippen LogP contribution in [0.2, 0.25) is 10.0 Å². The van der Waals surface area contributed by atoms with Gasteiger partial charge >= 0.3 is 0 Å². The van der Waals surface area contributed by atoms with Crippen molar-refractivity contribution in [1.82, 2.24) is 10.2 Å². The van der Waals surface area contributed by atoms with Crippen molar-refractivity contribution in [3.05, 3.63) is 50.2 Å². The van der Waals surface area contributed by atoms with Gasteiger partial charge in [-0.05, 0) is 30.2 Å². The van der Waals surface area contributed by atoms with E-state index in [1.54, 1.807) is 6.07 Å². The molecule has 2 rings (SSSR count). The Morgan fingerprint density at radius 2 is 1.89 bits per heavy atom. The van der Waals surface area contributed by atoms with Crippen molar-refractivity contribution in [3.63, 3.8) is 0 Å². The Balaban J connectivity index is 2.47. The van der Waals surface area contributed by atoms with Crippen LogP contribution in [0.4, 0.5) is 0 Å². The number of aromatic amines is 1. The van der Waals surface area contributed by atoms with Crippen LogP contribution in [0, 0.1) is 0 Å². The molecule has 0 spiro atoms. The van der Waals surface area contributed by atoms with E-state index < -0.39 is 0 Å². The number of nitrogens with one attached hydrogen (secondary N) is 1. The van der Waals surface area contributed by atoms with Crippen LogP contribution in [0.25, 0.3) is 11.3 Å². The van der Waals surface area contributed by atoms with Gasteiger partial charge in [0.2, 0.25) is 0 Å². The highest BCUT2D eigenvalue weighted by molar-refractivity contribution is 6.36. The van der Waals surface area contributed by atoms with Gasteiger partial charge in [0.15, 0.2) is 0 Å². The predicted molar refractivity (Wildman–Crippen MR) is 74.3 cm³/mol. The monoisotopic (exact) mass is 282 g/mol. The molecule has 0 aliphatic carbocycles. The van der Waals surface area contributed by atoms with Gasteiger partial charge in [-0.2, -0.15) is 5.10 Å². The molecule has 0 saturated carbocycles. The molecule has 1 aromatic carbocycles.